The molecule has 1 saturated carbocycles. The van der Waals surface area contributed by atoms with Gasteiger partial charge in [-0.25, -0.2) is 0 Å². The number of ketones is 1. The number of Topliss-reactive ketones (excluding diaryl/α,β-unsaturated/α-hetero) is 1. The van der Waals surface area contributed by atoms with Crippen LogP contribution in [0.3, 0.4) is 0 Å². The number of carbonyl (C=O) groups is 1. The summed E-state index contributed by atoms with van der Waals surface area (Å²) in [4.78, 5) is 16.0. The summed E-state index contributed by atoms with van der Waals surface area (Å²) in [5, 5.41) is 3.96. The molecule has 1 aliphatic carbocycles. The number of nitrogens with zero attached hydrogens (tertiary/aromatic N) is 2. The molecule has 1 aliphatic rings. The van der Waals surface area contributed by atoms with Crippen LogP contribution in [-0.4, -0.2) is 15.9 Å². The Balaban J connectivity index is 1.81. The van der Waals surface area contributed by atoms with Crippen molar-refractivity contribution >= 4 is 21.7 Å². The Kier molecular flexibility index (Phi) is 3.22. The molecule has 1 aromatic carbocycles. The molecular weight excluding hydrogens is 308 g/mol. The van der Waals surface area contributed by atoms with Gasteiger partial charge in [-0.1, -0.05) is 21.1 Å². The molecule has 0 atom stereocenters. The van der Waals surface area contributed by atoms with Gasteiger partial charge in [0.2, 0.25) is 11.7 Å². The van der Waals surface area contributed by atoms with Crippen LogP contribution in [0.2, 0.25) is 0 Å². The maximum Gasteiger partial charge on any atom is 0.234 e. The number of hydrogen-bond donors (Lipinski definition) is 0. The fraction of sp³-hybridized carbons (Fsp3) is 0.357. The van der Waals surface area contributed by atoms with Gasteiger partial charge in [0.05, 0.1) is 6.42 Å². The number of halogens is 1. The summed E-state index contributed by atoms with van der Waals surface area (Å²) in [7, 11) is 0. The van der Waals surface area contributed by atoms with E-state index in [0.29, 0.717) is 11.7 Å². The minimum Gasteiger partial charge on any atom is -0.339 e. The van der Waals surface area contributed by atoms with Gasteiger partial charge in [-0.3, -0.25) is 4.79 Å². The third-order valence-electron chi connectivity index (χ3n) is 3.26. The van der Waals surface area contributed by atoms with Crippen LogP contribution in [0.5, 0.6) is 0 Å². The molecule has 5 heteroatoms. The minimum atomic E-state index is 0.211. The van der Waals surface area contributed by atoms with Gasteiger partial charge in [0, 0.05) is 16.0 Å². The Labute approximate surface area is 119 Å². The highest BCUT2D eigenvalue weighted by Crippen LogP contribution is 2.31. The molecule has 3 rings (SSSR count). The van der Waals surface area contributed by atoms with Crippen molar-refractivity contribution in [1.29, 1.82) is 0 Å². The van der Waals surface area contributed by atoms with Crippen LogP contribution in [0.25, 0.3) is 11.4 Å². The van der Waals surface area contributed by atoms with Crippen molar-refractivity contribution in [3.8, 4) is 11.4 Å². The van der Waals surface area contributed by atoms with Gasteiger partial charge in [-0.2, -0.15) is 4.98 Å². The largest absolute Gasteiger partial charge is 0.339 e. The van der Waals surface area contributed by atoms with Gasteiger partial charge < -0.3 is 4.52 Å². The zero-order valence-electron chi connectivity index (χ0n) is 10.5. The van der Waals surface area contributed by atoms with Crippen molar-refractivity contribution in [2.75, 3.05) is 0 Å². The van der Waals surface area contributed by atoms with Crippen LogP contribution in [-0.2, 0) is 11.2 Å². The van der Waals surface area contributed by atoms with Crippen LogP contribution < -0.4 is 0 Å². The summed E-state index contributed by atoms with van der Waals surface area (Å²) in [5.41, 5.74) is 1.99. The van der Waals surface area contributed by atoms with E-state index >= 15 is 0 Å². The molecule has 1 aromatic heterocycles. The topological polar surface area (TPSA) is 56.0 Å². The smallest absolute Gasteiger partial charge is 0.234 e. The highest BCUT2D eigenvalue weighted by molar-refractivity contribution is 9.10. The number of benzene rings is 1. The lowest BCUT2D eigenvalue weighted by molar-refractivity contribution is -0.119. The maximum atomic E-state index is 11.7. The van der Waals surface area contributed by atoms with Crippen molar-refractivity contribution < 1.29 is 9.32 Å². The summed E-state index contributed by atoms with van der Waals surface area (Å²) in [5.74, 6) is 1.39. The van der Waals surface area contributed by atoms with E-state index in [1.54, 1.807) is 0 Å². The summed E-state index contributed by atoms with van der Waals surface area (Å²) in [6.07, 6.45) is 2.27. The molecular formula is C14H13BrN2O2. The van der Waals surface area contributed by atoms with E-state index in [9.17, 15) is 4.79 Å². The van der Waals surface area contributed by atoms with Crippen molar-refractivity contribution in [3.05, 3.63) is 34.1 Å². The molecule has 0 spiro atoms. The molecule has 0 unspecified atom stereocenters. The van der Waals surface area contributed by atoms with E-state index in [-0.39, 0.29) is 18.1 Å². The van der Waals surface area contributed by atoms with Crippen molar-refractivity contribution in [3.63, 3.8) is 0 Å². The predicted octanol–water partition coefficient (Wildman–Crippen LogP) is 3.33. The molecule has 1 heterocycles. The fourth-order valence-corrected chi connectivity index (χ4v) is 2.49. The molecule has 19 heavy (non-hydrogen) atoms. The van der Waals surface area contributed by atoms with E-state index < -0.39 is 0 Å². The van der Waals surface area contributed by atoms with E-state index in [4.69, 9.17) is 4.52 Å². The number of hydrogen-bond acceptors (Lipinski definition) is 4. The van der Waals surface area contributed by atoms with Gasteiger partial charge >= 0.3 is 0 Å². The van der Waals surface area contributed by atoms with Crippen molar-refractivity contribution in [1.82, 2.24) is 10.1 Å². The first-order chi connectivity index (χ1) is 9.13. The van der Waals surface area contributed by atoms with Crippen LogP contribution in [0.4, 0.5) is 0 Å². The normalized spacial score (nSPS) is 14.6. The molecule has 0 radical (unpaired) electrons. The predicted molar refractivity (Wildman–Crippen MR) is 73.6 cm³/mol. The summed E-state index contributed by atoms with van der Waals surface area (Å²) < 4.78 is 6.17. The molecule has 0 amide bonds. The number of aryl methyl sites for hydroxylation is 1. The van der Waals surface area contributed by atoms with Crippen molar-refractivity contribution in [2.45, 2.75) is 26.2 Å². The van der Waals surface area contributed by atoms with Crippen LogP contribution in [0.1, 0.15) is 24.3 Å². The Bertz CT molecular complexity index is 632. The molecule has 0 bridgehead atoms. The van der Waals surface area contributed by atoms with Gasteiger partial charge in [0.1, 0.15) is 5.78 Å². The Morgan fingerprint density at radius 2 is 2.26 bits per heavy atom. The number of aromatic nitrogens is 2. The lowest BCUT2D eigenvalue weighted by Crippen LogP contribution is -2.04. The van der Waals surface area contributed by atoms with Gasteiger partial charge in [-0.15, -0.1) is 0 Å². The molecule has 98 valence electrons. The van der Waals surface area contributed by atoms with Crippen LogP contribution >= 0.6 is 15.9 Å². The minimum absolute atomic E-state index is 0.211. The van der Waals surface area contributed by atoms with E-state index in [0.717, 1.165) is 28.4 Å². The highest BCUT2D eigenvalue weighted by Gasteiger charge is 2.30. The third kappa shape index (κ3) is 2.76. The Morgan fingerprint density at radius 3 is 2.95 bits per heavy atom. The van der Waals surface area contributed by atoms with Gasteiger partial charge in [0.25, 0.3) is 0 Å². The fourth-order valence-electron chi connectivity index (χ4n) is 2.01. The molecule has 0 N–H and O–H groups in total. The van der Waals surface area contributed by atoms with Crippen LogP contribution in [0.15, 0.2) is 27.2 Å². The van der Waals surface area contributed by atoms with Crippen molar-refractivity contribution in [2.24, 2.45) is 5.92 Å². The number of rotatable bonds is 4. The van der Waals surface area contributed by atoms with E-state index in [1.165, 1.54) is 0 Å². The Hall–Kier alpha value is -1.49. The standard InChI is InChI=1S/C14H13BrN2O2/c1-8-6-10(15)4-5-11(8)14-16-13(19-17-14)7-12(18)9-2-3-9/h4-6,9H,2-3,7H2,1H3. The summed E-state index contributed by atoms with van der Waals surface area (Å²) in [6, 6.07) is 5.88. The van der Waals surface area contributed by atoms with Gasteiger partial charge in [0.15, 0.2) is 0 Å². The second kappa shape index (κ2) is 4.89. The zero-order valence-corrected chi connectivity index (χ0v) is 12.1. The summed E-state index contributed by atoms with van der Waals surface area (Å²) in [6.45, 7) is 1.99. The molecule has 4 nitrogen and oxygen atoms in total. The average molecular weight is 321 g/mol. The second-order valence-electron chi connectivity index (χ2n) is 4.89. The van der Waals surface area contributed by atoms with E-state index in [1.807, 2.05) is 25.1 Å². The number of carbonyl (C=O) groups excluding carboxylic acids is 1. The molecule has 0 aliphatic heterocycles. The molecule has 0 saturated heterocycles. The lowest BCUT2D eigenvalue weighted by Gasteiger charge is -2.00. The second-order valence-corrected chi connectivity index (χ2v) is 5.80. The van der Waals surface area contributed by atoms with E-state index in [2.05, 4.69) is 26.1 Å². The quantitative estimate of drug-likeness (QED) is 0.867. The third-order valence-corrected chi connectivity index (χ3v) is 3.75. The van der Waals surface area contributed by atoms with Gasteiger partial charge in [-0.05, 0) is 43.5 Å². The SMILES string of the molecule is Cc1cc(Br)ccc1-c1noc(CC(=O)C2CC2)n1. The van der Waals surface area contributed by atoms with Crippen LogP contribution in [0, 0.1) is 12.8 Å². The summed E-state index contributed by atoms with van der Waals surface area (Å²) >= 11 is 3.42. The molecule has 1 fully saturated rings. The highest BCUT2D eigenvalue weighted by atomic mass is 79.9. The first kappa shape index (κ1) is 12.5. The first-order valence-corrected chi connectivity index (χ1v) is 7.04. The monoisotopic (exact) mass is 320 g/mol. The maximum absolute atomic E-state index is 11.7. The average Bonchev–Trinajstić information content (AvgIpc) is 3.11. The molecule has 2 aromatic rings. The lowest BCUT2D eigenvalue weighted by atomic mass is 10.1. The Morgan fingerprint density at radius 1 is 1.47 bits per heavy atom. The first-order valence-electron chi connectivity index (χ1n) is 6.25. The zero-order chi connectivity index (χ0) is 13.4.